The van der Waals surface area contributed by atoms with Gasteiger partial charge in [-0.1, -0.05) is 52.9 Å². The molecule has 0 bridgehead atoms. The van der Waals surface area contributed by atoms with Gasteiger partial charge in [0.1, 0.15) is 5.75 Å². The van der Waals surface area contributed by atoms with Gasteiger partial charge < -0.3 is 14.9 Å². The second kappa shape index (κ2) is 12.2. The molecule has 0 saturated heterocycles. The van der Waals surface area contributed by atoms with Crippen LogP contribution in [0.2, 0.25) is 0 Å². The zero-order valence-electron chi connectivity index (χ0n) is 15.4. The molecule has 0 amide bonds. The molecule has 0 fully saturated rings. The van der Waals surface area contributed by atoms with E-state index in [2.05, 4.69) is 6.92 Å². The van der Waals surface area contributed by atoms with E-state index in [1.54, 1.807) is 0 Å². The van der Waals surface area contributed by atoms with Crippen molar-refractivity contribution in [3.8, 4) is 0 Å². The average molecular weight is 369 g/mol. The molecule has 2 atom stereocenters. The number of aliphatic hydroxyl groups excluding tert-OH is 2. The largest absolute Gasteiger partial charge is 0.392 e. The van der Waals surface area contributed by atoms with Gasteiger partial charge in [0.15, 0.2) is 0 Å². The van der Waals surface area contributed by atoms with E-state index in [1.807, 2.05) is 13.8 Å². The molecule has 3 N–H and O–H groups in total. The Kier molecular flexibility index (Phi) is 12.1. The van der Waals surface area contributed by atoms with Gasteiger partial charge in [-0.25, -0.2) is 0 Å². The molecule has 24 heavy (non-hydrogen) atoms. The lowest BCUT2D eigenvalue weighted by Gasteiger charge is -2.29. The molecule has 7 heteroatoms. The Morgan fingerprint density at radius 1 is 0.958 bits per heavy atom. The molecule has 0 rings (SSSR count). The highest BCUT2D eigenvalue weighted by Gasteiger charge is 2.27. The van der Waals surface area contributed by atoms with Gasteiger partial charge in [0, 0.05) is 6.61 Å². The van der Waals surface area contributed by atoms with Gasteiger partial charge in [-0.3, -0.25) is 4.55 Å². The summed E-state index contributed by atoms with van der Waals surface area (Å²) < 4.78 is 35.8. The van der Waals surface area contributed by atoms with Gasteiger partial charge >= 0.3 is 0 Å². The number of rotatable bonds is 15. The van der Waals surface area contributed by atoms with E-state index >= 15 is 0 Å². The van der Waals surface area contributed by atoms with E-state index < -0.39 is 33.5 Å². The Hall–Kier alpha value is -0.210. The molecule has 146 valence electrons. The molecule has 2 unspecified atom stereocenters. The molecule has 0 saturated carbocycles. The minimum absolute atomic E-state index is 0.182. The second-order valence-corrected chi connectivity index (χ2v) is 8.97. The fourth-order valence-electron chi connectivity index (χ4n) is 2.92. The molecule has 0 aromatic rings. The standard InChI is InChI=1S/C17H36O6S/c1-4-5-6-7-8-9-10-23-13-15(18)11-17(2,3)12-16(19)14-24(20,21)22/h15-16,18-19H,4-14H2,1-3H3,(H,20,21,22). The molecule has 0 heterocycles. The van der Waals surface area contributed by atoms with Crippen molar-refractivity contribution in [3.05, 3.63) is 0 Å². The Labute approximate surface area is 147 Å². The van der Waals surface area contributed by atoms with Gasteiger partial charge in [0.05, 0.1) is 18.8 Å². The number of aliphatic hydroxyl groups is 2. The Bertz CT molecular complexity index is 407. The van der Waals surface area contributed by atoms with Crippen molar-refractivity contribution in [1.29, 1.82) is 0 Å². The van der Waals surface area contributed by atoms with Crippen molar-refractivity contribution >= 4 is 10.1 Å². The SMILES string of the molecule is CCCCCCCCOCC(O)CC(C)(C)CC(O)CS(=O)(=O)O. The van der Waals surface area contributed by atoms with Crippen molar-refractivity contribution in [1.82, 2.24) is 0 Å². The maximum absolute atomic E-state index is 10.8. The van der Waals surface area contributed by atoms with E-state index in [4.69, 9.17) is 9.29 Å². The highest BCUT2D eigenvalue weighted by Crippen LogP contribution is 2.29. The first-order valence-corrected chi connectivity index (χ1v) is 10.6. The van der Waals surface area contributed by atoms with Gasteiger partial charge in [0.2, 0.25) is 0 Å². The lowest BCUT2D eigenvalue weighted by molar-refractivity contribution is 0.00401. The predicted octanol–water partition coefficient (Wildman–Crippen LogP) is 2.78. The van der Waals surface area contributed by atoms with Crippen molar-refractivity contribution < 1.29 is 27.9 Å². The molecule has 0 aromatic heterocycles. The third kappa shape index (κ3) is 15.3. The molecular weight excluding hydrogens is 332 g/mol. The smallest absolute Gasteiger partial charge is 0.267 e. The van der Waals surface area contributed by atoms with Crippen molar-refractivity contribution in [2.45, 2.75) is 84.3 Å². The Balaban J connectivity index is 3.85. The number of hydrogen-bond donors (Lipinski definition) is 3. The van der Waals surface area contributed by atoms with Crippen LogP contribution in [0.25, 0.3) is 0 Å². The summed E-state index contributed by atoms with van der Waals surface area (Å²) in [5.41, 5.74) is -0.451. The van der Waals surface area contributed by atoms with Crippen LogP contribution in [0.15, 0.2) is 0 Å². The first-order valence-electron chi connectivity index (χ1n) is 8.95. The number of unbranched alkanes of at least 4 members (excludes halogenated alkanes) is 5. The zero-order chi connectivity index (χ0) is 18.6. The number of ether oxygens (including phenoxy) is 1. The van der Waals surface area contributed by atoms with E-state index in [0.29, 0.717) is 13.0 Å². The number of hydrogen-bond acceptors (Lipinski definition) is 5. The molecule has 6 nitrogen and oxygen atoms in total. The minimum Gasteiger partial charge on any atom is -0.392 e. The van der Waals surface area contributed by atoms with Crippen LogP contribution in [0.4, 0.5) is 0 Å². The molecule has 0 aromatic carbocycles. The summed E-state index contributed by atoms with van der Waals surface area (Å²) in [5, 5.41) is 19.7. The van der Waals surface area contributed by atoms with Crippen molar-refractivity contribution in [2.24, 2.45) is 5.41 Å². The van der Waals surface area contributed by atoms with Crippen LogP contribution in [0.3, 0.4) is 0 Å². The van der Waals surface area contributed by atoms with Crippen LogP contribution >= 0.6 is 0 Å². The lowest BCUT2D eigenvalue weighted by Crippen LogP contribution is -2.31. The first kappa shape index (κ1) is 23.8. The van der Waals surface area contributed by atoms with Crippen molar-refractivity contribution in [2.75, 3.05) is 19.0 Å². The summed E-state index contributed by atoms with van der Waals surface area (Å²) in [6.07, 6.45) is 5.90. The fourth-order valence-corrected chi connectivity index (χ4v) is 3.53. The van der Waals surface area contributed by atoms with E-state index in [-0.39, 0.29) is 13.0 Å². The fraction of sp³-hybridized carbons (Fsp3) is 1.00. The maximum Gasteiger partial charge on any atom is 0.267 e. The summed E-state index contributed by atoms with van der Waals surface area (Å²) in [7, 11) is -4.19. The predicted molar refractivity (Wildman–Crippen MR) is 95.6 cm³/mol. The second-order valence-electron chi connectivity index (χ2n) is 7.47. The molecule has 0 aliphatic rings. The van der Waals surface area contributed by atoms with Crippen LogP contribution in [-0.4, -0.2) is 54.4 Å². The summed E-state index contributed by atoms with van der Waals surface area (Å²) in [6, 6.07) is 0. The Morgan fingerprint density at radius 2 is 1.50 bits per heavy atom. The molecule has 0 spiro atoms. The maximum atomic E-state index is 10.8. The monoisotopic (exact) mass is 368 g/mol. The molecule has 0 aliphatic heterocycles. The molecule has 0 radical (unpaired) electrons. The summed E-state index contributed by atoms with van der Waals surface area (Å²) in [5.74, 6) is -0.680. The first-order chi connectivity index (χ1) is 11.1. The third-order valence-corrected chi connectivity index (χ3v) is 4.74. The average Bonchev–Trinajstić information content (AvgIpc) is 2.38. The summed E-state index contributed by atoms with van der Waals surface area (Å²) in [6.45, 7) is 6.75. The van der Waals surface area contributed by atoms with E-state index in [1.165, 1.54) is 25.7 Å². The summed E-state index contributed by atoms with van der Waals surface area (Å²) in [4.78, 5) is 0. The highest BCUT2D eigenvalue weighted by atomic mass is 32.2. The van der Waals surface area contributed by atoms with Crippen molar-refractivity contribution in [3.63, 3.8) is 0 Å². The minimum atomic E-state index is -4.19. The van der Waals surface area contributed by atoms with Crippen LogP contribution in [0, 0.1) is 5.41 Å². The topological polar surface area (TPSA) is 104 Å². The quantitative estimate of drug-likeness (QED) is 0.303. The van der Waals surface area contributed by atoms with Gasteiger partial charge in [-0.2, -0.15) is 8.42 Å². The Morgan fingerprint density at radius 3 is 2.08 bits per heavy atom. The van der Waals surface area contributed by atoms with Crippen LogP contribution in [0.5, 0.6) is 0 Å². The van der Waals surface area contributed by atoms with Gasteiger partial charge in [-0.15, -0.1) is 0 Å². The van der Waals surface area contributed by atoms with E-state index in [0.717, 1.165) is 12.8 Å². The molecule has 0 aliphatic carbocycles. The van der Waals surface area contributed by atoms with Gasteiger partial charge in [-0.05, 0) is 24.7 Å². The summed E-state index contributed by atoms with van der Waals surface area (Å²) >= 11 is 0. The van der Waals surface area contributed by atoms with Crippen LogP contribution in [-0.2, 0) is 14.9 Å². The van der Waals surface area contributed by atoms with Crippen LogP contribution in [0.1, 0.15) is 72.1 Å². The zero-order valence-corrected chi connectivity index (χ0v) is 16.2. The van der Waals surface area contributed by atoms with Gasteiger partial charge in [0.25, 0.3) is 10.1 Å². The normalized spacial score (nSPS) is 15.4. The third-order valence-electron chi connectivity index (χ3n) is 3.93. The molecular formula is C17H36O6S. The lowest BCUT2D eigenvalue weighted by atomic mass is 9.82. The highest BCUT2D eigenvalue weighted by molar-refractivity contribution is 7.85. The van der Waals surface area contributed by atoms with Crippen LogP contribution < -0.4 is 0 Å². The van der Waals surface area contributed by atoms with E-state index in [9.17, 15) is 18.6 Å².